The SMILES string of the molecule is Cc1cc2c(c(F)c1N)OCC(=O)N2Cc1ccc(OC(F)(F)F)c(F)c1. The van der Waals surface area contributed by atoms with Crippen molar-refractivity contribution >= 4 is 17.3 Å². The van der Waals surface area contributed by atoms with E-state index in [0.29, 0.717) is 5.56 Å². The maximum atomic E-state index is 14.3. The topological polar surface area (TPSA) is 64.8 Å². The molecule has 0 radical (unpaired) electrons. The van der Waals surface area contributed by atoms with Crippen LogP contribution in [-0.2, 0) is 11.3 Å². The van der Waals surface area contributed by atoms with Gasteiger partial charge < -0.3 is 20.1 Å². The van der Waals surface area contributed by atoms with E-state index in [1.54, 1.807) is 6.92 Å². The van der Waals surface area contributed by atoms with Crippen LogP contribution in [0.2, 0.25) is 0 Å². The minimum absolute atomic E-state index is 0.103. The number of nitrogens with zero attached hydrogens (tertiary/aromatic N) is 1. The first-order chi connectivity index (χ1) is 12.6. The largest absolute Gasteiger partial charge is 0.573 e. The summed E-state index contributed by atoms with van der Waals surface area (Å²) in [5.41, 5.74) is 6.14. The molecule has 5 nitrogen and oxygen atoms in total. The molecule has 1 heterocycles. The summed E-state index contributed by atoms with van der Waals surface area (Å²) < 4.78 is 73.5. The first-order valence-corrected chi connectivity index (χ1v) is 7.62. The second-order valence-electron chi connectivity index (χ2n) is 5.85. The minimum Gasteiger partial charge on any atom is -0.478 e. The summed E-state index contributed by atoms with van der Waals surface area (Å²) in [6, 6.07) is 4.23. The molecule has 0 unspecified atom stereocenters. The number of hydrogen-bond acceptors (Lipinski definition) is 4. The third-order valence-electron chi connectivity index (χ3n) is 3.94. The first kappa shape index (κ1) is 18.7. The Kier molecular flexibility index (Phi) is 4.58. The van der Waals surface area contributed by atoms with Gasteiger partial charge in [-0.05, 0) is 36.2 Å². The van der Waals surface area contributed by atoms with E-state index in [1.165, 1.54) is 12.1 Å². The molecule has 0 spiro atoms. The number of halogens is 5. The van der Waals surface area contributed by atoms with Gasteiger partial charge in [0.2, 0.25) is 0 Å². The van der Waals surface area contributed by atoms with Crippen LogP contribution >= 0.6 is 0 Å². The molecule has 10 heteroatoms. The Bertz CT molecular complexity index is 914. The Hall–Kier alpha value is -3.04. The molecule has 1 aliphatic rings. The van der Waals surface area contributed by atoms with Gasteiger partial charge in [0.1, 0.15) is 0 Å². The lowest BCUT2D eigenvalue weighted by molar-refractivity contribution is -0.275. The molecule has 2 aromatic rings. The number of amides is 1. The number of carbonyl (C=O) groups excluding carboxylic acids is 1. The number of anilines is 2. The molecule has 0 saturated carbocycles. The number of ether oxygens (including phenoxy) is 2. The molecular formula is C17H13F5N2O3. The quantitative estimate of drug-likeness (QED) is 0.644. The number of benzene rings is 2. The third-order valence-corrected chi connectivity index (χ3v) is 3.94. The molecule has 0 fully saturated rings. The van der Waals surface area contributed by atoms with E-state index < -0.39 is 36.3 Å². The number of hydrogen-bond donors (Lipinski definition) is 1. The highest BCUT2D eigenvalue weighted by Crippen LogP contribution is 2.40. The van der Waals surface area contributed by atoms with E-state index in [-0.39, 0.29) is 29.2 Å². The van der Waals surface area contributed by atoms with Crippen LogP contribution in [0.3, 0.4) is 0 Å². The van der Waals surface area contributed by atoms with Gasteiger partial charge in [0.15, 0.2) is 29.7 Å². The molecule has 144 valence electrons. The van der Waals surface area contributed by atoms with Crippen LogP contribution in [0, 0.1) is 18.6 Å². The molecule has 27 heavy (non-hydrogen) atoms. The van der Waals surface area contributed by atoms with Crippen molar-refractivity contribution in [2.45, 2.75) is 19.8 Å². The van der Waals surface area contributed by atoms with Crippen molar-refractivity contribution in [3.8, 4) is 11.5 Å². The number of fused-ring (bicyclic) bond motifs is 1. The summed E-state index contributed by atoms with van der Waals surface area (Å²) >= 11 is 0. The van der Waals surface area contributed by atoms with Gasteiger partial charge in [-0.1, -0.05) is 6.07 Å². The molecular weight excluding hydrogens is 375 g/mol. The van der Waals surface area contributed by atoms with Crippen LogP contribution in [0.4, 0.5) is 33.3 Å². The van der Waals surface area contributed by atoms with Crippen molar-refractivity contribution in [1.29, 1.82) is 0 Å². The smallest absolute Gasteiger partial charge is 0.478 e. The molecule has 2 N–H and O–H groups in total. The first-order valence-electron chi connectivity index (χ1n) is 7.62. The third kappa shape index (κ3) is 3.74. The summed E-state index contributed by atoms with van der Waals surface area (Å²) in [4.78, 5) is 13.3. The second kappa shape index (κ2) is 6.60. The van der Waals surface area contributed by atoms with Crippen molar-refractivity contribution < 1.29 is 36.2 Å². The fourth-order valence-electron chi connectivity index (χ4n) is 2.65. The fourth-order valence-corrected chi connectivity index (χ4v) is 2.65. The Morgan fingerprint density at radius 1 is 1.26 bits per heavy atom. The van der Waals surface area contributed by atoms with Gasteiger partial charge in [0, 0.05) is 0 Å². The van der Waals surface area contributed by atoms with Gasteiger partial charge in [-0.25, -0.2) is 8.78 Å². The van der Waals surface area contributed by atoms with Gasteiger partial charge >= 0.3 is 6.36 Å². The lowest BCUT2D eigenvalue weighted by Gasteiger charge is -2.30. The summed E-state index contributed by atoms with van der Waals surface area (Å²) in [6.45, 7) is 0.879. The second-order valence-corrected chi connectivity index (χ2v) is 5.85. The van der Waals surface area contributed by atoms with Crippen LogP contribution < -0.4 is 20.1 Å². The average molecular weight is 388 g/mol. The van der Waals surface area contributed by atoms with Crippen LogP contribution in [0.1, 0.15) is 11.1 Å². The normalized spacial score (nSPS) is 14.0. The lowest BCUT2D eigenvalue weighted by atomic mass is 10.1. The Labute approximate surface area is 150 Å². The number of alkyl halides is 3. The summed E-state index contributed by atoms with van der Waals surface area (Å²) in [6.07, 6.45) is -5.03. The van der Waals surface area contributed by atoms with E-state index in [1.807, 2.05) is 0 Å². The van der Waals surface area contributed by atoms with Gasteiger partial charge in [0.05, 0.1) is 17.9 Å². The summed E-state index contributed by atoms with van der Waals surface area (Å²) in [5.74, 6) is -3.79. The van der Waals surface area contributed by atoms with Gasteiger partial charge in [-0.3, -0.25) is 4.79 Å². The van der Waals surface area contributed by atoms with Gasteiger partial charge in [-0.2, -0.15) is 0 Å². The van der Waals surface area contributed by atoms with Gasteiger partial charge in [0.25, 0.3) is 5.91 Å². The van der Waals surface area contributed by atoms with Crippen LogP contribution in [-0.4, -0.2) is 18.9 Å². The molecule has 0 bridgehead atoms. The van der Waals surface area contributed by atoms with E-state index in [4.69, 9.17) is 10.5 Å². The summed E-state index contributed by atoms with van der Waals surface area (Å²) in [5, 5.41) is 0. The highest BCUT2D eigenvalue weighted by atomic mass is 19.4. The molecule has 1 aliphatic heterocycles. The molecule has 0 aliphatic carbocycles. The number of nitrogen functional groups attached to an aromatic ring is 1. The number of rotatable bonds is 3. The Morgan fingerprint density at radius 2 is 1.96 bits per heavy atom. The van der Waals surface area contributed by atoms with Gasteiger partial charge in [-0.15, -0.1) is 13.2 Å². The zero-order valence-electron chi connectivity index (χ0n) is 13.9. The van der Waals surface area contributed by atoms with Crippen molar-refractivity contribution in [2.75, 3.05) is 17.2 Å². The monoisotopic (exact) mass is 388 g/mol. The number of carbonyl (C=O) groups is 1. The predicted molar refractivity (Wildman–Crippen MR) is 85.3 cm³/mol. The van der Waals surface area contributed by atoms with E-state index in [9.17, 15) is 26.7 Å². The zero-order chi connectivity index (χ0) is 19.9. The highest BCUT2D eigenvalue weighted by Gasteiger charge is 2.33. The standard InChI is InChI=1S/C17H13F5N2O3/c1-8-4-11-16(14(19)15(8)23)26-7-13(25)24(11)6-9-2-3-12(10(18)5-9)27-17(20,21)22/h2-5H,6-7,23H2,1H3. The van der Waals surface area contributed by atoms with Crippen molar-refractivity contribution in [3.05, 3.63) is 47.0 Å². The van der Waals surface area contributed by atoms with Crippen molar-refractivity contribution in [1.82, 2.24) is 0 Å². The van der Waals surface area contributed by atoms with E-state index in [0.717, 1.165) is 17.0 Å². The van der Waals surface area contributed by atoms with E-state index in [2.05, 4.69) is 4.74 Å². The maximum Gasteiger partial charge on any atom is 0.573 e. The zero-order valence-corrected chi connectivity index (χ0v) is 13.9. The predicted octanol–water partition coefficient (Wildman–Crippen LogP) is 3.68. The van der Waals surface area contributed by atoms with Crippen molar-refractivity contribution in [2.24, 2.45) is 0 Å². The van der Waals surface area contributed by atoms with Crippen LogP contribution in [0.25, 0.3) is 0 Å². The number of nitrogens with two attached hydrogens (primary N) is 1. The molecule has 2 aromatic carbocycles. The van der Waals surface area contributed by atoms with E-state index >= 15 is 0 Å². The lowest BCUT2D eigenvalue weighted by Crippen LogP contribution is -2.38. The molecule has 3 rings (SSSR count). The number of aryl methyl sites for hydroxylation is 1. The van der Waals surface area contributed by atoms with Crippen LogP contribution in [0.15, 0.2) is 24.3 Å². The fraction of sp³-hybridized carbons (Fsp3) is 0.235. The summed E-state index contributed by atoms with van der Waals surface area (Å²) in [7, 11) is 0. The molecule has 0 saturated heterocycles. The highest BCUT2D eigenvalue weighted by molar-refractivity contribution is 5.98. The Morgan fingerprint density at radius 3 is 2.59 bits per heavy atom. The van der Waals surface area contributed by atoms with Crippen LogP contribution in [0.5, 0.6) is 11.5 Å². The average Bonchev–Trinajstić information content (AvgIpc) is 2.57. The molecule has 0 aromatic heterocycles. The molecule has 1 amide bonds. The molecule has 0 atom stereocenters. The maximum absolute atomic E-state index is 14.3. The van der Waals surface area contributed by atoms with Crippen molar-refractivity contribution in [3.63, 3.8) is 0 Å². The minimum atomic E-state index is -5.03. The Balaban J connectivity index is 1.93.